The molecule has 1 aliphatic rings. The van der Waals surface area contributed by atoms with Crippen molar-refractivity contribution < 1.29 is 14.3 Å². The highest BCUT2D eigenvalue weighted by molar-refractivity contribution is 8.00. The van der Waals surface area contributed by atoms with Gasteiger partial charge in [-0.05, 0) is 37.1 Å². The average molecular weight is 370 g/mol. The van der Waals surface area contributed by atoms with E-state index in [2.05, 4.69) is 5.32 Å². The van der Waals surface area contributed by atoms with Crippen LogP contribution in [0.25, 0.3) is 0 Å². The second-order valence-electron chi connectivity index (χ2n) is 6.06. The molecule has 1 aliphatic heterocycles. The highest BCUT2D eigenvalue weighted by Crippen LogP contribution is 2.25. The van der Waals surface area contributed by atoms with E-state index < -0.39 is 0 Å². The maximum atomic E-state index is 12.7. The van der Waals surface area contributed by atoms with E-state index in [-0.39, 0.29) is 17.6 Å². The lowest BCUT2D eigenvalue weighted by Crippen LogP contribution is -2.28. The summed E-state index contributed by atoms with van der Waals surface area (Å²) in [5, 5.41) is 2.86. The molecule has 0 unspecified atom stereocenters. The zero-order valence-corrected chi connectivity index (χ0v) is 15.6. The van der Waals surface area contributed by atoms with Crippen LogP contribution in [0.4, 0.5) is 5.69 Å². The Labute approximate surface area is 157 Å². The topological polar surface area (TPSA) is 58.6 Å². The molecule has 0 aliphatic carbocycles. The van der Waals surface area contributed by atoms with E-state index in [0.29, 0.717) is 17.0 Å². The molecule has 2 aromatic rings. The third kappa shape index (κ3) is 4.58. The minimum atomic E-state index is -0.119. The van der Waals surface area contributed by atoms with Gasteiger partial charge in [-0.15, -0.1) is 11.8 Å². The molecule has 136 valence electrons. The number of methoxy groups -OCH3 is 1. The number of hydrogen-bond donors (Lipinski definition) is 1. The number of carbonyl (C=O) groups excluding carboxylic acids is 2. The van der Waals surface area contributed by atoms with Crippen LogP contribution in [0.5, 0.6) is 5.75 Å². The lowest BCUT2D eigenvalue weighted by Gasteiger charge is -2.17. The molecule has 0 atom stereocenters. The van der Waals surface area contributed by atoms with Crippen molar-refractivity contribution in [2.45, 2.75) is 17.7 Å². The first-order chi connectivity index (χ1) is 12.7. The van der Waals surface area contributed by atoms with Crippen LogP contribution in [0.15, 0.2) is 53.4 Å². The predicted molar refractivity (Wildman–Crippen MR) is 104 cm³/mol. The first kappa shape index (κ1) is 18.3. The zero-order chi connectivity index (χ0) is 18.4. The monoisotopic (exact) mass is 370 g/mol. The van der Waals surface area contributed by atoms with Crippen LogP contribution >= 0.6 is 11.8 Å². The molecule has 2 amide bonds. The number of likely N-dealkylation sites (tertiary alicyclic amines) is 1. The zero-order valence-electron chi connectivity index (χ0n) is 14.7. The molecule has 2 aromatic carbocycles. The minimum absolute atomic E-state index is 0.0544. The number of amides is 2. The van der Waals surface area contributed by atoms with Crippen LogP contribution in [-0.4, -0.2) is 42.7 Å². The van der Waals surface area contributed by atoms with Gasteiger partial charge >= 0.3 is 0 Å². The van der Waals surface area contributed by atoms with Crippen molar-refractivity contribution in [3.05, 3.63) is 54.1 Å². The fourth-order valence-corrected chi connectivity index (χ4v) is 3.75. The third-order valence-electron chi connectivity index (χ3n) is 4.22. The number of hydrogen-bond acceptors (Lipinski definition) is 4. The summed E-state index contributed by atoms with van der Waals surface area (Å²) < 4.78 is 5.16. The maximum absolute atomic E-state index is 12.7. The Hall–Kier alpha value is -2.47. The van der Waals surface area contributed by atoms with Gasteiger partial charge in [-0.3, -0.25) is 9.59 Å². The van der Waals surface area contributed by atoms with E-state index in [9.17, 15) is 9.59 Å². The van der Waals surface area contributed by atoms with E-state index in [1.54, 1.807) is 13.2 Å². The van der Waals surface area contributed by atoms with Crippen molar-refractivity contribution in [1.29, 1.82) is 0 Å². The quantitative estimate of drug-likeness (QED) is 0.789. The van der Waals surface area contributed by atoms with E-state index >= 15 is 0 Å². The van der Waals surface area contributed by atoms with Crippen LogP contribution in [0.2, 0.25) is 0 Å². The fourth-order valence-electron chi connectivity index (χ4n) is 2.90. The van der Waals surface area contributed by atoms with Crippen LogP contribution in [-0.2, 0) is 4.79 Å². The summed E-state index contributed by atoms with van der Waals surface area (Å²) >= 11 is 1.38. The molecule has 0 spiro atoms. The first-order valence-electron chi connectivity index (χ1n) is 8.62. The summed E-state index contributed by atoms with van der Waals surface area (Å²) in [7, 11) is 1.59. The predicted octanol–water partition coefficient (Wildman–Crippen LogP) is 3.66. The standard InChI is InChI=1S/C20H22N2O3S/c1-25-16-8-6-7-15(13-16)21-19(23)14-26-18-10-3-2-9-17(18)20(24)22-11-4-5-12-22/h2-3,6-10,13H,4-5,11-12,14H2,1H3,(H,21,23). The van der Waals surface area contributed by atoms with Gasteiger partial charge in [0.05, 0.1) is 18.4 Å². The lowest BCUT2D eigenvalue weighted by atomic mass is 10.2. The van der Waals surface area contributed by atoms with E-state index in [4.69, 9.17) is 4.74 Å². The molecular weight excluding hydrogens is 348 g/mol. The van der Waals surface area contributed by atoms with Crippen molar-refractivity contribution in [1.82, 2.24) is 4.90 Å². The summed E-state index contributed by atoms with van der Waals surface area (Å²) in [6, 6.07) is 14.7. The summed E-state index contributed by atoms with van der Waals surface area (Å²) in [5.74, 6) is 0.865. The van der Waals surface area contributed by atoms with Crippen LogP contribution in [0, 0.1) is 0 Å². The summed E-state index contributed by atoms with van der Waals surface area (Å²) in [5.41, 5.74) is 1.37. The Morgan fingerprint density at radius 2 is 1.88 bits per heavy atom. The van der Waals surface area contributed by atoms with E-state index in [1.807, 2.05) is 47.4 Å². The molecule has 0 saturated carbocycles. The Kier molecular flexibility index (Phi) is 6.17. The number of nitrogens with zero attached hydrogens (tertiary/aromatic N) is 1. The maximum Gasteiger partial charge on any atom is 0.254 e. The van der Waals surface area contributed by atoms with Crippen molar-refractivity contribution in [3.63, 3.8) is 0 Å². The van der Waals surface area contributed by atoms with Gasteiger partial charge in [-0.25, -0.2) is 0 Å². The van der Waals surface area contributed by atoms with Gasteiger partial charge in [0, 0.05) is 29.7 Å². The Morgan fingerprint density at radius 3 is 2.65 bits per heavy atom. The Balaban J connectivity index is 1.62. The number of anilines is 1. The van der Waals surface area contributed by atoms with Crippen molar-refractivity contribution in [2.75, 3.05) is 31.3 Å². The highest BCUT2D eigenvalue weighted by atomic mass is 32.2. The molecule has 0 bridgehead atoms. The van der Waals surface area contributed by atoms with Crippen molar-refractivity contribution in [2.24, 2.45) is 0 Å². The summed E-state index contributed by atoms with van der Waals surface area (Å²) in [6.45, 7) is 1.63. The Morgan fingerprint density at radius 1 is 1.12 bits per heavy atom. The number of carbonyl (C=O) groups is 2. The molecule has 0 aromatic heterocycles. The fraction of sp³-hybridized carbons (Fsp3) is 0.300. The summed E-state index contributed by atoms with van der Waals surface area (Å²) in [6.07, 6.45) is 2.12. The van der Waals surface area contributed by atoms with Crippen molar-refractivity contribution >= 4 is 29.3 Å². The number of benzene rings is 2. The second-order valence-corrected chi connectivity index (χ2v) is 7.08. The molecule has 1 fully saturated rings. The lowest BCUT2D eigenvalue weighted by molar-refractivity contribution is -0.113. The number of thioether (sulfide) groups is 1. The van der Waals surface area contributed by atoms with E-state index in [0.717, 1.165) is 30.8 Å². The molecule has 1 saturated heterocycles. The molecular formula is C20H22N2O3S. The second kappa shape index (κ2) is 8.76. The largest absolute Gasteiger partial charge is 0.497 e. The van der Waals surface area contributed by atoms with Gasteiger partial charge in [-0.1, -0.05) is 18.2 Å². The van der Waals surface area contributed by atoms with Gasteiger partial charge in [0.25, 0.3) is 5.91 Å². The molecule has 1 heterocycles. The SMILES string of the molecule is COc1cccc(NC(=O)CSc2ccccc2C(=O)N2CCCC2)c1. The third-order valence-corrected chi connectivity index (χ3v) is 5.30. The molecule has 5 nitrogen and oxygen atoms in total. The van der Waals surface area contributed by atoms with Crippen molar-refractivity contribution in [3.8, 4) is 5.75 Å². The van der Waals surface area contributed by atoms with Gasteiger partial charge in [0.15, 0.2) is 0 Å². The van der Waals surface area contributed by atoms with E-state index in [1.165, 1.54) is 11.8 Å². The molecule has 1 N–H and O–H groups in total. The number of ether oxygens (including phenoxy) is 1. The smallest absolute Gasteiger partial charge is 0.254 e. The van der Waals surface area contributed by atoms with Crippen LogP contribution in [0.1, 0.15) is 23.2 Å². The molecule has 3 rings (SSSR count). The first-order valence-corrected chi connectivity index (χ1v) is 9.61. The van der Waals surface area contributed by atoms with Gasteiger partial charge < -0.3 is 15.0 Å². The minimum Gasteiger partial charge on any atom is -0.497 e. The van der Waals surface area contributed by atoms with Crippen LogP contribution in [0.3, 0.4) is 0 Å². The Bertz CT molecular complexity index is 788. The normalized spacial score (nSPS) is 13.5. The molecule has 26 heavy (non-hydrogen) atoms. The molecule has 6 heteroatoms. The highest BCUT2D eigenvalue weighted by Gasteiger charge is 2.22. The van der Waals surface area contributed by atoms with Gasteiger partial charge in [-0.2, -0.15) is 0 Å². The van der Waals surface area contributed by atoms with Gasteiger partial charge in [0.1, 0.15) is 5.75 Å². The summed E-state index contributed by atoms with van der Waals surface area (Å²) in [4.78, 5) is 27.6. The number of rotatable bonds is 6. The molecule has 0 radical (unpaired) electrons. The number of nitrogens with one attached hydrogen (secondary N) is 1. The average Bonchev–Trinajstić information content (AvgIpc) is 3.21. The van der Waals surface area contributed by atoms with Gasteiger partial charge in [0.2, 0.25) is 5.91 Å². The van der Waals surface area contributed by atoms with Crippen LogP contribution < -0.4 is 10.1 Å².